The van der Waals surface area contributed by atoms with Crippen molar-refractivity contribution in [1.29, 1.82) is 0 Å². The fraction of sp³-hybridized carbons (Fsp3) is 0.222. The van der Waals surface area contributed by atoms with Gasteiger partial charge in [-0.3, -0.25) is 4.79 Å². The molecule has 0 N–H and O–H groups in total. The molecule has 2 aromatic carbocycles. The maximum absolute atomic E-state index is 13.3. The number of hydrogen-bond donors (Lipinski definition) is 0. The predicted molar refractivity (Wildman–Crippen MR) is 90.5 cm³/mol. The van der Waals surface area contributed by atoms with Crippen molar-refractivity contribution in [1.82, 2.24) is 4.98 Å². The average molecular weight is 345 g/mol. The third-order valence-corrected chi connectivity index (χ3v) is 4.32. The Labute approximate surface area is 142 Å². The number of benzene rings is 2. The van der Waals surface area contributed by atoms with Gasteiger partial charge in [-0.05, 0) is 30.7 Å². The lowest BCUT2D eigenvalue weighted by Crippen LogP contribution is -2.07. The molecule has 6 heteroatoms. The Morgan fingerprint density at radius 2 is 1.92 bits per heavy atom. The highest BCUT2D eigenvalue weighted by atomic mass is 32.1. The summed E-state index contributed by atoms with van der Waals surface area (Å²) in [6, 6.07) is 14.0. The second-order valence-electron chi connectivity index (χ2n) is 5.12. The number of hydrogen-bond acceptors (Lipinski definition) is 5. The number of para-hydroxylation sites is 2. The van der Waals surface area contributed by atoms with Gasteiger partial charge in [-0.2, -0.15) is 0 Å². The monoisotopic (exact) mass is 345 g/mol. The molecule has 0 amide bonds. The molecular weight excluding hydrogens is 329 g/mol. The zero-order chi connectivity index (χ0) is 16.8. The van der Waals surface area contributed by atoms with Gasteiger partial charge in [-0.1, -0.05) is 24.3 Å². The zero-order valence-corrected chi connectivity index (χ0v) is 13.7. The molecule has 4 nitrogen and oxygen atoms in total. The molecule has 3 rings (SSSR count). The van der Waals surface area contributed by atoms with Gasteiger partial charge in [0.25, 0.3) is 0 Å². The minimum atomic E-state index is -0.407. The van der Waals surface area contributed by atoms with Gasteiger partial charge in [-0.15, -0.1) is 11.3 Å². The van der Waals surface area contributed by atoms with Crippen LogP contribution < -0.4 is 4.74 Å². The Balaban J connectivity index is 1.39. The van der Waals surface area contributed by atoms with Crippen LogP contribution in [0.3, 0.4) is 0 Å². The predicted octanol–water partition coefficient (Wildman–Crippen LogP) is 4.34. The van der Waals surface area contributed by atoms with E-state index in [-0.39, 0.29) is 31.4 Å². The van der Waals surface area contributed by atoms with E-state index in [1.54, 1.807) is 18.2 Å². The van der Waals surface area contributed by atoms with Crippen LogP contribution in [0.1, 0.15) is 17.8 Å². The van der Waals surface area contributed by atoms with E-state index in [1.807, 2.05) is 24.3 Å². The first-order valence-corrected chi connectivity index (χ1v) is 8.41. The summed E-state index contributed by atoms with van der Waals surface area (Å²) < 4.78 is 24.9. The Kier molecular flexibility index (Phi) is 5.38. The Morgan fingerprint density at radius 1 is 1.12 bits per heavy atom. The van der Waals surface area contributed by atoms with Gasteiger partial charge in [-0.25, -0.2) is 9.37 Å². The van der Waals surface area contributed by atoms with Crippen molar-refractivity contribution >= 4 is 27.5 Å². The quantitative estimate of drug-likeness (QED) is 0.472. The van der Waals surface area contributed by atoms with Crippen molar-refractivity contribution in [3.63, 3.8) is 0 Å². The zero-order valence-electron chi connectivity index (χ0n) is 12.9. The molecule has 0 saturated heterocycles. The summed E-state index contributed by atoms with van der Waals surface area (Å²) in [4.78, 5) is 16.1. The standard InChI is InChI=1S/C18H16FNO3S/c19-13-6-1-3-8-15(13)22-11-5-10-18(21)23-12-17-20-14-7-2-4-9-16(14)24-17/h1-4,6-9H,5,10-12H2. The molecule has 0 unspecified atom stereocenters. The molecule has 0 aliphatic carbocycles. The highest BCUT2D eigenvalue weighted by molar-refractivity contribution is 7.18. The molecule has 1 aromatic heterocycles. The molecule has 0 saturated carbocycles. The molecule has 24 heavy (non-hydrogen) atoms. The molecule has 0 radical (unpaired) electrons. The summed E-state index contributed by atoms with van der Waals surface area (Å²) >= 11 is 1.51. The maximum Gasteiger partial charge on any atom is 0.306 e. The van der Waals surface area contributed by atoms with Gasteiger partial charge in [0, 0.05) is 6.42 Å². The normalized spacial score (nSPS) is 10.7. The van der Waals surface area contributed by atoms with E-state index in [0.717, 1.165) is 15.2 Å². The first-order chi connectivity index (χ1) is 11.7. The highest BCUT2D eigenvalue weighted by Crippen LogP contribution is 2.22. The lowest BCUT2D eigenvalue weighted by atomic mass is 10.3. The summed E-state index contributed by atoms with van der Waals surface area (Å²) in [5.74, 6) is -0.525. The average Bonchev–Trinajstić information content (AvgIpc) is 3.01. The molecule has 1 heterocycles. The summed E-state index contributed by atoms with van der Waals surface area (Å²) in [7, 11) is 0. The smallest absolute Gasteiger partial charge is 0.306 e. The van der Waals surface area contributed by atoms with E-state index in [1.165, 1.54) is 17.4 Å². The largest absolute Gasteiger partial charge is 0.491 e. The lowest BCUT2D eigenvalue weighted by molar-refractivity contribution is -0.145. The summed E-state index contributed by atoms with van der Waals surface area (Å²) in [6.45, 7) is 0.434. The van der Waals surface area contributed by atoms with Crippen LogP contribution in [-0.2, 0) is 16.1 Å². The third-order valence-electron chi connectivity index (χ3n) is 3.31. The minimum absolute atomic E-state index is 0.173. The number of halogens is 1. The second kappa shape index (κ2) is 7.88. The van der Waals surface area contributed by atoms with Crippen LogP contribution in [0.2, 0.25) is 0 Å². The van der Waals surface area contributed by atoms with Gasteiger partial charge < -0.3 is 9.47 Å². The fourth-order valence-electron chi connectivity index (χ4n) is 2.16. The number of carbonyl (C=O) groups is 1. The van der Waals surface area contributed by atoms with Crippen molar-refractivity contribution < 1.29 is 18.7 Å². The number of aromatic nitrogens is 1. The van der Waals surface area contributed by atoms with Crippen LogP contribution in [0.5, 0.6) is 5.75 Å². The van der Waals surface area contributed by atoms with Gasteiger partial charge in [0.05, 0.1) is 16.8 Å². The van der Waals surface area contributed by atoms with Gasteiger partial charge in [0.1, 0.15) is 11.6 Å². The molecule has 0 atom stereocenters. The topological polar surface area (TPSA) is 48.4 Å². The second-order valence-corrected chi connectivity index (χ2v) is 6.23. The third kappa shape index (κ3) is 4.29. The van der Waals surface area contributed by atoms with E-state index in [4.69, 9.17) is 9.47 Å². The Morgan fingerprint density at radius 3 is 2.75 bits per heavy atom. The van der Waals surface area contributed by atoms with Crippen molar-refractivity contribution in [2.24, 2.45) is 0 Å². The van der Waals surface area contributed by atoms with Crippen LogP contribution in [0.15, 0.2) is 48.5 Å². The van der Waals surface area contributed by atoms with Gasteiger partial charge >= 0.3 is 5.97 Å². The number of nitrogens with zero attached hydrogens (tertiary/aromatic N) is 1. The molecule has 3 aromatic rings. The van der Waals surface area contributed by atoms with Crippen LogP contribution in [0, 0.1) is 5.82 Å². The van der Waals surface area contributed by atoms with Crippen molar-refractivity contribution in [2.75, 3.05) is 6.61 Å². The maximum atomic E-state index is 13.3. The van der Waals surface area contributed by atoms with Gasteiger partial charge in [0.2, 0.25) is 0 Å². The van der Waals surface area contributed by atoms with Crippen LogP contribution in [0.25, 0.3) is 10.2 Å². The number of carbonyl (C=O) groups excluding carboxylic acids is 1. The summed E-state index contributed by atoms with van der Waals surface area (Å²) in [5, 5.41) is 0.771. The Bertz CT molecular complexity index is 801. The van der Waals surface area contributed by atoms with E-state index < -0.39 is 5.82 Å². The van der Waals surface area contributed by atoms with E-state index >= 15 is 0 Å². The number of rotatable bonds is 7. The first kappa shape index (κ1) is 16.4. The summed E-state index contributed by atoms with van der Waals surface area (Å²) in [5.41, 5.74) is 0.909. The molecule has 0 spiro atoms. The van der Waals surface area contributed by atoms with E-state index in [2.05, 4.69) is 4.98 Å². The van der Waals surface area contributed by atoms with Crippen LogP contribution in [-0.4, -0.2) is 17.6 Å². The van der Waals surface area contributed by atoms with Crippen LogP contribution >= 0.6 is 11.3 Å². The van der Waals surface area contributed by atoms with E-state index in [0.29, 0.717) is 6.42 Å². The molecule has 0 bridgehead atoms. The van der Waals surface area contributed by atoms with Crippen molar-refractivity contribution in [3.8, 4) is 5.75 Å². The number of fused-ring (bicyclic) bond motifs is 1. The number of esters is 1. The Hall–Kier alpha value is -2.47. The molecule has 0 fully saturated rings. The van der Waals surface area contributed by atoms with Crippen molar-refractivity contribution in [2.45, 2.75) is 19.4 Å². The SMILES string of the molecule is O=C(CCCOc1ccccc1F)OCc1nc2ccccc2s1. The van der Waals surface area contributed by atoms with Crippen LogP contribution in [0.4, 0.5) is 4.39 Å². The van der Waals surface area contributed by atoms with Gasteiger partial charge in [0.15, 0.2) is 11.6 Å². The number of ether oxygens (including phenoxy) is 2. The highest BCUT2D eigenvalue weighted by Gasteiger charge is 2.08. The summed E-state index contributed by atoms with van der Waals surface area (Å²) in [6.07, 6.45) is 0.687. The first-order valence-electron chi connectivity index (χ1n) is 7.60. The molecule has 124 valence electrons. The van der Waals surface area contributed by atoms with Crippen molar-refractivity contribution in [3.05, 3.63) is 59.4 Å². The lowest BCUT2D eigenvalue weighted by Gasteiger charge is -2.06. The fourth-order valence-corrected chi connectivity index (χ4v) is 3.04. The minimum Gasteiger partial charge on any atom is -0.491 e. The number of thiazole rings is 1. The molecule has 0 aliphatic rings. The van der Waals surface area contributed by atoms with E-state index in [9.17, 15) is 9.18 Å². The molecule has 0 aliphatic heterocycles. The molecular formula is C18H16FNO3S.